The normalized spacial score (nSPS) is 15.8. The number of nitrogens with one attached hydrogen (secondary N) is 1. The predicted molar refractivity (Wildman–Crippen MR) is 94.2 cm³/mol. The van der Waals surface area contributed by atoms with Gasteiger partial charge in [-0.3, -0.25) is 0 Å². The lowest BCUT2D eigenvalue weighted by atomic mass is 10.2. The Morgan fingerprint density at radius 2 is 1.95 bits per heavy atom. The van der Waals surface area contributed by atoms with Gasteiger partial charge in [-0.15, -0.1) is 24.0 Å². The van der Waals surface area contributed by atoms with Crippen LogP contribution in [-0.4, -0.2) is 25.2 Å². The molecular formula is C14H21ClIN3O. The van der Waals surface area contributed by atoms with Crippen LogP contribution in [0, 0.1) is 0 Å². The Morgan fingerprint density at radius 3 is 2.60 bits per heavy atom. The van der Waals surface area contributed by atoms with Crippen molar-refractivity contribution < 1.29 is 4.74 Å². The van der Waals surface area contributed by atoms with E-state index < -0.39 is 0 Å². The molecule has 0 bridgehead atoms. The van der Waals surface area contributed by atoms with E-state index in [1.807, 2.05) is 12.1 Å². The van der Waals surface area contributed by atoms with Crippen LogP contribution in [0.2, 0.25) is 5.02 Å². The second kappa shape index (κ2) is 9.28. The van der Waals surface area contributed by atoms with Gasteiger partial charge in [0, 0.05) is 11.1 Å². The first-order valence-corrected chi connectivity index (χ1v) is 7.06. The molecule has 1 saturated carbocycles. The smallest absolute Gasteiger partial charge is 0.188 e. The second-order valence-corrected chi connectivity index (χ2v) is 5.13. The number of nitrogens with two attached hydrogens (primary N) is 1. The number of halogens is 2. The molecule has 1 aliphatic rings. The molecule has 0 aliphatic heterocycles. The summed E-state index contributed by atoms with van der Waals surface area (Å²) in [7, 11) is 0. The van der Waals surface area contributed by atoms with Crippen molar-refractivity contribution in [1.29, 1.82) is 0 Å². The zero-order chi connectivity index (χ0) is 13.5. The lowest BCUT2D eigenvalue weighted by molar-refractivity contribution is 0.328. The van der Waals surface area contributed by atoms with Crippen LogP contribution in [0.25, 0.3) is 0 Å². The van der Waals surface area contributed by atoms with E-state index in [0.717, 1.165) is 5.75 Å². The molecule has 0 radical (unpaired) electrons. The van der Waals surface area contributed by atoms with Gasteiger partial charge in [0.25, 0.3) is 0 Å². The lowest BCUT2D eigenvalue weighted by Gasteiger charge is -2.12. The van der Waals surface area contributed by atoms with E-state index in [9.17, 15) is 0 Å². The summed E-state index contributed by atoms with van der Waals surface area (Å²) in [6, 6.07) is 7.78. The van der Waals surface area contributed by atoms with Crippen molar-refractivity contribution in [3.05, 3.63) is 29.3 Å². The van der Waals surface area contributed by atoms with Crippen LogP contribution in [-0.2, 0) is 0 Å². The molecule has 1 aromatic carbocycles. The first-order chi connectivity index (χ1) is 9.24. The molecule has 0 atom stereocenters. The van der Waals surface area contributed by atoms with Gasteiger partial charge in [-0.1, -0.05) is 24.4 Å². The Balaban J connectivity index is 0.00000200. The average molecular weight is 410 g/mol. The van der Waals surface area contributed by atoms with Crippen LogP contribution in [0.4, 0.5) is 0 Å². The number of rotatable bonds is 5. The van der Waals surface area contributed by atoms with Crippen molar-refractivity contribution in [3.8, 4) is 5.75 Å². The fourth-order valence-corrected chi connectivity index (χ4v) is 2.31. The predicted octanol–water partition coefficient (Wildman–Crippen LogP) is 3.18. The van der Waals surface area contributed by atoms with Gasteiger partial charge in [0.05, 0.1) is 6.54 Å². The summed E-state index contributed by atoms with van der Waals surface area (Å²) in [6.07, 6.45) is 4.95. The number of benzene rings is 1. The molecule has 0 unspecified atom stereocenters. The lowest BCUT2D eigenvalue weighted by Crippen LogP contribution is -2.38. The third kappa shape index (κ3) is 6.17. The van der Waals surface area contributed by atoms with Crippen LogP contribution in [0.15, 0.2) is 29.3 Å². The summed E-state index contributed by atoms with van der Waals surface area (Å²) in [5.41, 5.74) is 5.82. The standard InChI is InChI=1S/C14H20ClN3O.HI/c15-11-5-7-13(8-6-11)19-10-9-17-14(16)18-12-3-1-2-4-12;/h5-8,12H,1-4,9-10H2,(H3,16,17,18);1H. The zero-order valence-electron chi connectivity index (χ0n) is 11.3. The van der Waals surface area contributed by atoms with E-state index in [4.69, 9.17) is 22.1 Å². The number of aliphatic imine (C=N–C) groups is 1. The molecule has 112 valence electrons. The Hall–Kier alpha value is -0.690. The Bertz CT molecular complexity index is 419. The Labute approximate surface area is 142 Å². The van der Waals surface area contributed by atoms with Gasteiger partial charge in [0.15, 0.2) is 5.96 Å². The van der Waals surface area contributed by atoms with Crippen LogP contribution in [0.5, 0.6) is 5.75 Å². The maximum Gasteiger partial charge on any atom is 0.188 e. The maximum atomic E-state index is 5.82. The molecule has 0 aromatic heterocycles. The first-order valence-electron chi connectivity index (χ1n) is 6.69. The van der Waals surface area contributed by atoms with Crippen LogP contribution in [0.3, 0.4) is 0 Å². The number of hydrogen-bond donors (Lipinski definition) is 2. The summed E-state index contributed by atoms with van der Waals surface area (Å²) in [5, 5.41) is 3.94. The van der Waals surface area contributed by atoms with Crippen molar-refractivity contribution in [2.75, 3.05) is 13.2 Å². The molecule has 20 heavy (non-hydrogen) atoms. The Morgan fingerprint density at radius 1 is 1.30 bits per heavy atom. The van der Waals surface area contributed by atoms with Crippen molar-refractivity contribution in [2.45, 2.75) is 31.7 Å². The van der Waals surface area contributed by atoms with Gasteiger partial charge in [-0.2, -0.15) is 0 Å². The van der Waals surface area contributed by atoms with Gasteiger partial charge in [0.2, 0.25) is 0 Å². The topological polar surface area (TPSA) is 59.6 Å². The van der Waals surface area contributed by atoms with Crippen LogP contribution >= 0.6 is 35.6 Å². The summed E-state index contributed by atoms with van der Waals surface area (Å²) in [4.78, 5) is 4.25. The molecule has 4 nitrogen and oxygen atoms in total. The third-order valence-electron chi connectivity index (χ3n) is 3.16. The van der Waals surface area contributed by atoms with Gasteiger partial charge >= 0.3 is 0 Å². The summed E-state index contributed by atoms with van der Waals surface area (Å²) in [5.74, 6) is 1.31. The minimum atomic E-state index is 0. The highest BCUT2D eigenvalue weighted by atomic mass is 127. The first kappa shape index (κ1) is 17.4. The fourth-order valence-electron chi connectivity index (χ4n) is 2.19. The highest BCUT2D eigenvalue weighted by Crippen LogP contribution is 2.17. The molecule has 0 saturated heterocycles. The van der Waals surface area contributed by atoms with E-state index >= 15 is 0 Å². The molecule has 3 N–H and O–H groups in total. The van der Waals surface area contributed by atoms with Crippen molar-refractivity contribution in [3.63, 3.8) is 0 Å². The van der Waals surface area contributed by atoms with E-state index in [1.165, 1.54) is 25.7 Å². The van der Waals surface area contributed by atoms with E-state index in [-0.39, 0.29) is 24.0 Å². The number of ether oxygens (including phenoxy) is 1. The average Bonchev–Trinajstić information content (AvgIpc) is 2.89. The zero-order valence-corrected chi connectivity index (χ0v) is 14.4. The fraction of sp³-hybridized carbons (Fsp3) is 0.500. The van der Waals surface area contributed by atoms with Crippen LogP contribution in [0.1, 0.15) is 25.7 Å². The SMILES string of the molecule is I.NC(=NCCOc1ccc(Cl)cc1)NC1CCCC1. The van der Waals surface area contributed by atoms with Crippen molar-refractivity contribution in [1.82, 2.24) is 5.32 Å². The van der Waals surface area contributed by atoms with E-state index in [2.05, 4.69) is 10.3 Å². The summed E-state index contributed by atoms with van der Waals surface area (Å²) < 4.78 is 5.53. The van der Waals surface area contributed by atoms with Gasteiger partial charge in [-0.05, 0) is 37.1 Å². The van der Waals surface area contributed by atoms with Crippen molar-refractivity contribution >= 4 is 41.5 Å². The van der Waals surface area contributed by atoms with Gasteiger partial charge < -0.3 is 15.8 Å². The number of nitrogens with zero attached hydrogens (tertiary/aromatic N) is 1. The van der Waals surface area contributed by atoms with E-state index in [1.54, 1.807) is 12.1 Å². The number of hydrogen-bond acceptors (Lipinski definition) is 2. The minimum Gasteiger partial charge on any atom is -0.492 e. The van der Waals surface area contributed by atoms with Crippen LogP contribution < -0.4 is 15.8 Å². The van der Waals surface area contributed by atoms with Gasteiger partial charge in [0.1, 0.15) is 12.4 Å². The molecule has 1 aromatic rings. The number of guanidine groups is 1. The Kier molecular flexibility index (Phi) is 8.06. The molecule has 1 aliphatic carbocycles. The van der Waals surface area contributed by atoms with E-state index in [0.29, 0.717) is 30.2 Å². The molecule has 6 heteroatoms. The highest BCUT2D eigenvalue weighted by Gasteiger charge is 2.14. The maximum absolute atomic E-state index is 5.82. The third-order valence-corrected chi connectivity index (χ3v) is 3.41. The monoisotopic (exact) mass is 409 g/mol. The summed E-state index contributed by atoms with van der Waals surface area (Å²) in [6.45, 7) is 1.06. The molecule has 2 rings (SSSR count). The van der Waals surface area contributed by atoms with Crippen molar-refractivity contribution in [2.24, 2.45) is 10.7 Å². The quantitative estimate of drug-likeness (QED) is 0.340. The molecule has 0 spiro atoms. The second-order valence-electron chi connectivity index (χ2n) is 4.70. The minimum absolute atomic E-state index is 0. The molecular weight excluding hydrogens is 389 g/mol. The highest BCUT2D eigenvalue weighted by molar-refractivity contribution is 14.0. The van der Waals surface area contributed by atoms with Gasteiger partial charge in [-0.25, -0.2) is 4.99 Å². The largest absolute Gasteiger partial charge is 0.492 e. The summed E-state index contributed by atoms with van der Waals surface area (Å²) >= 11 is 5.79. The molecule has 1 fully saturated rings. The molecule has 0 heterocycles. The molecule has 0 amide bonds.